The Hall–Kier alpha value is -0.610. The van der Waals surface area contributed by atoms with Gasteiger partial charge in [-0.2, -0.15) is 0 Å². The van der Waals surface area contributed by atoms with Crippen LogP contribution in [0.4, 0.5) is 0 Å². The molecule has 0 aliphatic heterocycles. The molecular weight excluding hydrogens is 190 g/mol. The van der Waals surface area contributed by atoms with Crippen LogP contribution in [-0.2, 0) is 4.84 Å². The normalized spacial score (nSPS) is 12.8. The Bertz CT molecular complexity index is 268. The lowest BCUT2D eigenvalue weighted by atomic mass is 10.1. The van der Waals surface area contributed by atoms with Gasteiger partial charge >= 0.3 is 0 Å². The number of halogens is 1. The summed E-state index contributed by atoms with van der Waals surface area (Å²) in [5.74, 6) is 5.09. The van der Waals surface area contributed by atoms with Gasteiger partial charge in [-0.3, -0.25) is 4.84 Å². The molecular formula is C9H12ClNO2. The molecule has 1 unspecified atom stereocenters. The number of hydrogen-bond acceptors (Lipinski definition) is 3. The van der Waals surface area contributed by atoms with E-state index in [9.17, 15) is 0 Å². The zero-order valence-corrected chi connectivity index (χ0v) is 7.87. The van der Waals surface area contributed by atoms with Crippen molar-refractivity contribution < 1.29 is 9.94 Å². The van der Waals surface area contributed by atoms with Crippen LogP contribution >= 0.6 is 11.6 Å². The van der Waals surface area contributed by atoms with Gasteiger partial charge in [0.15, 0.2) is 0 Å². The SMILES string of the molecule is NOC(CCO)c1ccccc1Cl. The molecule has 0 aliphatic rings. The fourth-order valence-electron chi connectivity index (χ4n) is 1.15. The molecule has 1 rings (SSSR count). The van der Waals surface area contributed by atoms with Crippen LogP contribution in [0.25, 0.3) is 0 Å². The summed E-state index contributed by atoms with van der Waals surface area (Å²) in [6.45, 7) is 0.0209. The molecule has 0 aliphatic carbocycles. The first-order valence-electron chi connectivity index (χ1n) is 4.00. The number of aliphatic hydroxyl groups is 1. The van der Waals surface area contributed by atoms with E-state index in [1.54, 1.807) is 6.07 Å². The van der Waals surface area contributed by atoms with Crippen molar-refractivity contribution in [2.24, 2.45) is 5.90 Å². The van der Waals surface area contributed by atoms with Gasteiger partial charge in [0.05, 0.1) is 0 Å². The molecule has 0 fully saturated rings. The zero-order chi connectivity index (χ0) is 9.68. The van der Waals surface area contributed by atoms with Gasteiger partial charge in [-0.05, 0) is 6.07 Å². The average molecular weight is 202 g/mol. The van der Waals surface area contributed by atoms with Crippen LogP contribution < -0.4 is 5.90 Å². The lowest BCUT2D eigenvalue weighted by molar-refractivity contribution is 0.0343. The van der Waals surface area contributed by atoms with Gasteiger partial charge in [0.1, 0.15) is 6.10 Å². The van der Waals surface area contributed by atoms with Gasteiger partial charge in [0, 0.05) is 23.6 Å². The van der Waals surface area contributed by atoms with Crippen molar-refractivity contribution in [3.05, 3.63) is 34.9 Å². The number of nitrogens with two attached hydrogens (primary N) is 1. The Morgan fingerprint density at radius 1 is 1.46 bits per heavy atom. The Balaban J connectivity index is 2.84. The lowest BCUT2D eigenvalue weighted by Crippen LogP contribution is -2.11. The minimum atomic E-state index is -0.335. The summed E-state index contributed by atoms with van der Waals surface area (Å²) in [6.07, 6.45) is 0.110. The van der Waals surface area contributed by atoms with E-state index in [1.807, 2.05) is 18.2 Å². The molecule has 0 radical (unpaired) electrons. The molecule has 0 spiro atoms. The molecule has 0 aromatic heterocycles. The molecule has 0 heterocycles. The van der Waals surface area contributed by atoms with E-state index in [-0.39, 0.29) is 12.7 Å². The van der Waals surface area contributed by atoms with Crippen LogP contribution in [0, 0.1) is 0 Å². The number of benzene rings is 1. The van der Waals surface area contributed by atoms with E-state index in [0.717, 1.165) is 5.56 Å². The monoisotopic (exact) mass is 201 g/mol. The maximum Gasteiger partial charge on any atom is 0.107 e. The second-order valence-electron chi connectivity index (χ2n) is 2.66. The van der Waals surface area contributed by atoms with E-state index in [1.165, 1.54) is 0 Å². The Morgan fingerprint density at radius 2 is 2.15 bits per heavy atom. The van der Waals surface area contributed by atoms with E-state index >= 15 is 0 Å². The Labute approximate surface area is 82.0 Å². The predicted octanol–water partition coefficient (Wildman–Crippen LogP) is 1.65. The van der Waals surface area contributed by atoms with E-state index in [0.29, 0.717) is 11.4 Å². The Kier molecular flexibility index (Phi) is 4.18. The molecule has 13 heavy (non-hydrogen) atoms. The second-order valence-corrected chi connectivity index (χ2v) is 3.07. The first-order valence-corrected chi connectivity index (χ1v) is 4.38. The highest BCUT2D eigenvalue weighted by Gasteiger charge is 2.13. The average Bonchev–Trinajstić information content (AvgIpc) is 2.16. The van der Waals surface area contributed by atoms with E-state index in [2.05, 4.69) is 0 Å². The quantitative estimate of drug-likeness (QED) is 0.729. The van der Waals surface area contributed by atoms with Gasteiger partial charge in [0.25, 0.3) is 0 Å². The highest BCUT2D eigenvalue weighted by atomic mass is 35.5. The highest BCUT2D eigenvalue weighted by molar-refractivity contribution is 6.31. The summed E-state index contributed by atoms with van der Waals surface area (Å²) in [7, 11) is 0. The summed E-state index contributed by atoms with van der Waals surface area (Å²) in [5, 5.41) is 9.34. The van der Waals surface area contributed by atoms with Crippen LogP contribution in [0.2, 0.25) is 5.02 Å². The minimum absolute atomic E-state index is 0.0209. The van der Waals surface area contributed by atoms with Crippen LogP contribution in [0.3, 0.4) is 0 Å². The van der Waals surface area contributed by atoms with Crippen molar-refractivity contribution >= 4 is 11.6 Å². The summed E-state index contributed by atoms with van der Waals surface area (Å²) >= 11 is 5.92. The van der Waals surface area contributed by atoms with Gasteiger partial charge < -0.3 is 5.11 Å². The third-order valence-corrected chi connectivity index (χ3v) is 2.15. The summed E-state index contributed by atoms with van der Waals surface area (Å²) in [5.41, 5.74) is 0.806. The molecule has 1 aromatic rings. The van der Waals surface area contributed by atoms with Crippen molar-refractivity contribution in [3.8, 4) is 0 Å². The molecule has 0 saturated heterocycles. The lowest BCUT2D eigenvalue weighted by Gasteiger charge is -2.14. The zero-order valence-electron chi connectivity index (χ0n) is 7.11. The standard InChI is InChI=1S/C9H12ClNO2/c10-8-4-2-1-3-7(8)9(13-11)5-6-12/h1-4,9,12H,5-6,11H2. The second kappa shape index (κ2) is 5.19. The molecule has 4 heteroatoms. The van der Waals surface area contributed by atoms with Crippen LogP contribution in [-0.4, -0.2) is 11.7 Å². The summed E-state index contributed by atoms with van der Waals surface area (Å²) in [4.78, 5) is 4.71. The van der Waals surface area contributed by atoms with Crippen LogP contribution in [0.5, 0.6) is 0 Å². The minimum Gasteiger partial charge on any atom is -0.396 e. The fraction of sp³-hybridized carbons (Fsp3) is 0.333. The molecule has 3 N–H and O–H groups in total. The van der Waals surface area contributed by atoms with Crippen molar-refractivity contribution in [2.75, 3.05) is 6.61 Å². The predicted molar refractivity (Wildman–Crippen MR) is 51.2 cm³/mol. The van der Waals surface area contributed by atoms with E-state index < -0.39 is 0 Å². The van der Waals surface area contributed by atoms with Gasteiger partial charge in [-0.25, -0.2) is 5.90 Å². The van der Waals surface area contributed by atoms with Crippen molar-refractivity contribution in [2.45, 2.75) is 12.5 Å². The van der Waals surface area contributed by atoms with Crippen LogP contribution in [0.15, 0.2) is 24.3 Å². The fourth-order valence-corrected chi connectivity index (χ4v) is 1.41. The molecule has 72 valence electrons. The van der Waals surface area contributed by atoms with Crippen molar-refractivity contribution in [1.29, 1.82) is 0 Å². The maximum atomic E-state index is 8.74. The van der Waals surface area contributed by atoms with E-state index in [4.69, 9.17) is 27.4 Å². The maximum absolute atomic E-state index is 8.74. The molecule has 0 amide bonds. The molecule has 1 atom stereocenters. The van der Waals surface area contributed by atoms with Crippen molar-refractivity contribution in [1.82, 2.24) is 0 Å². The van der Waals surface area contributed by atoms with Crippen LogP contribution in [0.1, 0.15) is 18.1 Å². The third kappa shape index (κ3) is 2.67. The largest absolute Gasteiger partial charge is 0.396 e. The third-order valence-electron chi connectivity index (χ3n) is 1.81. The number of hydrogen-bond donors (Lipinski definition) is 2. The Morgan fingerprint density at radius 3 is 2.69 bits per heavy atom. The molecule has 0 bridgehead atoms. The highest BCUT2D eigenvalue weighted by Crippen LogP contribution is 2.26. The first-order chi connectivity index (χ1) is 6.29. The van der Waals surface area contributed by atoms with Gasteiger partial charge in [-0.1, -0.05) is 29.8 Å². The smallest absolute Gasteiger partial charge is 0.107 e. The van der Waals surface area contributed by atoms with Gasteiger partial charge in [-0.15, -0.1) is 0 Å². The number of aliphatic hydroxyl groups excluding tert-OH is 1. The molecule has 1 aromatic carbocycles. The topological polar surface area (TPSA) is 55.5 Å². The summed E-state index contributed by atoms with van der Waals surface area (Å²) < 4.78 is 0. The number of rotatable bonds is 4. The summed E-state index contributed by atoms with van der Waals surface area (Å²) in [6, 6.07) is 7.28. The van der Waals surface area contributed by atoms with Crippen molar-refractivity contribution in [3.63, 3.8) is 0 Å². The molecule has 0 saturated carbocycles. The molecule has 3 nitrogen and oxygen atoms in total. The van der Waals surface area contributed by atoms with Gasteiger partial charge in [0.2, 0.25) is 0 Å². The first kappa shape index (κ1) is 10.5.